The van der Waals surface area contributed by atoms with Crippen molar-refractivity contribution >= 4 is 5.78 Å². The van der Waals surface area contributed by atoms with Crippen molar-refractivity contribution < 1.29 is 14.3 Å². The second-order valence-corrected chi connectivity index (χ2v) is 5.01. The van der Waals surface area contributed by atoms with Gasteiger partial charge in [0.1, 0.15) is 11.9 Å². The van der Waals surface area contributed by atoms with Gasteiger partial charge in [-0.3, -0.25) is 9.69 Å². The highest BCUT2D eigenvalue weighted by Crippen LogP contribution is 2.25. The fourth-order valence-electron chi connectivity index (χ4n) is 2.67. The summed E-state index contributed by atoms with van der Waals surface area (Å²) < 4.78 is 10.6. The minimum absolute atomic E-state index is 0.000464. The Morgan fingerprint density at radius 1 is 1.37 bits per heavy atom. The SMILES string of the molecule is COc1ccc(CN2CC(=O)C3C=COC3C2)cc1. The number of carbonyl (C=O) groups is 1. The van der Waals surface area contributed by atoms with Gasteiger partial charge in [0.05, 0.1) is 25.8 Å². The summed E-state index contributed by atoms with van der Waals surface area (Å²) in [6, 6.07) is 7.95. The van der Waals surface area contributed by atoms with E-state index in [9.17, 15) is 4.79 Å². The molecule has 3 rings (SSSR count). The molecule has 0 amide bonds. The Kier molecular flexibility index (Phi) is 3.25. The van der Waals surface area contributed by atoms with Gasteiger partial charge in [0.25, 0.3) is 0 Å². The molecule has 0 spiro atoms. The van der Waals surface area contributed by atoms with E-state index in [4.69, 9.17) is 9.47 Å². The third kappa shape index (κ3) is 2.49. The largest absolute Gasteiger partial charge is 0.497 e. The summed E-state index contributed by atoms with van der Waals surface area (Å²) in [6.45, 7) is 2.07. The number of rotatable bonds is 3. The zero-order valence-corrected chi connectivity index (χ0v) is 10.9. The van der Waals surface area contributed by atoms with Crippen LogP contribution in [0.4, 0.5) is 0 Å². The van der Waals surface area contributed by atoms with Crippen LogP contribution in [0.1, 0.15) is 5.56 Å². The third-order valence-corrected chi connectivity index (χ3v) is 3.69. The van der Waals surface area contributed by atoms with E-state index in [0.717, 1.165) is 18.8 Å². The predicted molar refractivity (Wildman–Crippen MR) is 70.8 cm³/mol. The molecule has 1 saturated heterocycles. The minimum Gasteiger partial charge on any atom is -0.497 e. The quantitative estimate of drug-likeness (QED) is 0.826. The molecule has 19 heavy (non-hydrogen) atoms. The van der Waals surface area contributed by atoms with E-state index in [2.05, 4.69) is 4.90 Å². The lowest BCUT2D eigenvalue weighted by Crippen LogP contribution is -2.47. The van der Waals surface area contributed by atoms with Crippen LogP contribution < -0.4 is 4.74 Å². The molecule has 2 aliphatic rings. The topological polar surface area (TPSA) is 38.8 Å². The van der Waals surface area contributed by atoms with Crippen molar-refractivity contribution in [1.82, 2.24) is 4.90 Å². The van der Waals surface area contributed by atoms with E-state index >= 15 is 0 Å². The molecule has 1 aromatic carbocycles. The number of ketones is 1. The summed E-state index contributed by atoms with van der Waals surface area (Å²) in [5, 5.41) is 0. The molecular formula is C15H17NO3. The number of piperidine rings is 1. The van der Waals surface area contributed by atoms with Crippen LogP contribution in [0.15, 0.2) is 36.6 Å². The van der Waals surface area contributed by atoms with Crippen LogP contribution in [-0.2, 0) is 16.1 Å². The molecule has 0 aliphatic carbocycles. The average Bonchev–Trinajstić information content (AvgIpc) is 2.88. The second-order valence-electron chi connectivity index (χ2n) is 5.01. The van der Waals surface area contributed by atoms with Gasteiger partial charge in [-0.15, -0.1) is 0 Å². The van der Waals surface area contributed by atoms with Gasteiger partial charge in [-0.2, -0.15) is 0 Å². The van der Waals surface area contributed by atoms with Gasteiger partial charge in [0.2, 0.25) is 0 Å². The predicted octanol–water partition coefficient (Wildman–Crippen LogP) is 1.61. The van der Waals surface area contributed by atoms with Crippen molar-refractivity contribution in [3.8, 4) is 5.75 Å². The van der Waals surface area contributed by atoms with Gasteiger partial charge in [0.15, 0.2) is 5.78 Å². The van der Waals surface area contributed by atoms with Gasteiger partial charge < -0.3 is 9.47 Å². The summed E-state index contributed by atoms with van der Waals surface area (Å²) >= 11 is 0. The van der Waals surface area contributed by atoms with E-state index in [1.165, 1.54) is 5.56 Å². The number of carbonyl (C=O) groups excluding carboxylic acids is 1. The average molecular weight is 259 g/mol. The standard InChI is InChI=1S/C15H17NO3/c1-18-12-4-2-11(3-5-12)8-16-9-14(17)13-6-7-19-15(13)10-16/h2-7,13,15H,8-10H2,1H3. The lowest BCUT2D eigenvalue weighted by atomic mass is 9.93. The number of hydrogen-bond donors (Lipinski definition) is 0. The lowest BCUT2D eigenvalue weighted by Gasteiger charge is -2.32. The van der Waals surface area contributed by atoms with Gasteiger partial charge in [-0.25, -0.2) is 0 Å². The first kappa shape index (κ1) is 12.2. The van der Waals surface area contributed by atoms with Crippen molar-refractivity contribution in [1.29, 1.82) is 0 Å². The summed E-state index contributed by atoms with van der Waals surface area (Å²) in [5.74, 6) is 1.06. The van der Waals surface area contributed by atoms with Crippen LogP contribution in [0.2, 0.25) is 0 Å². The van der Waals surface area contributed by atoms with E-state index in [0.29, 0.717) is 6.54 Å². The highest BCUT2D eigenvalue weighted by Gasteiger charge is 2.37. The number of likely N-dealkylation sites (tertiary alicyclic amines) is 1. The molecule has 0 N–H and O–H groups in total. The second kappa shape index (κ2) is 5.05. The Morgan fingerprint density at radius 3 is 2.89 bits per heavy atom. The molecular weight excluding hydrogens is 242 g/mol. The third-order valence-electron chi connectivity index (χ3n) is 3.69. The zero-order chi connectivity index (χ0) is 13.2. The lowest BCUT2D eigenvalue weighted by molar-refractivity contribution is -0.129. The van der Waals surface area contributed by atoms with Gasteiger partial charge >= 0.3 is 0 Å². The Labute approximate surface area is 112 Å². The van der Waals surface area contributed by atoms with Crippen LogP contribution in [0, 0.1) is 5.92 Å². The van der Waals surface area contributed by atoms with Gasteiger partial charge in [0, 0.05) is 13.1 Å². The highest BCUT2D eigenvalue weighted by molar-refractivity contribution is 5.86. The van der Waals surface area contributed by atoms with Crippen molar-refractivity contribution in [3.63, 3.8) is 0 Å². The molecule has 2 heterocycles. The molecule has 0 saturated carbocycles. The van der Waals surface area contributed by atoms with E-state index < -0.39 is 0 Å². The fourth-order valence-corrected chi connectivity index (χ4v) is 2.67. The van der Waals surface area contributed by atoms with Crippen molar-refractivity contribution in [3.05, 3.63) is 42.2 Å². The Morgan fingerprint density at radius 2 is 2.16 bits per heavy atom. The number of benzene rings is 1. The van der Waals surface area contributed by atoms with Crippen LogP contribution >= 0.6 is 0 Å². The summed E-state index contributed by atoms with van der Waals surface area (Å²) in [4.78, 5) is 14.1. The van der Waals surface area contributed by atoms with Crippen molar-refractivity contribution in [2.24, 2.45) is 5.92 Å². The van der Waals surface area contributed by atoms with Crippen LogP contribution in [0.5, 0.6) is 5.75 Å². The smallest absolute Gasteiger partial charge is 0.157 e. The number of hydrogen-bond acceptors (Lipinski definition) is 4. The minimum atomic E-state index is -0.0351. The summed E-state index contributed by atoms with van der Waals surface area (Å²) in [7, 11) is 1.66. The van der Waals surface area contributed by atoms with E-state index in [-0.39, 0.29) is 17.8 Å². The van der Waals surface area contributed by atoms with Crippen molar-refractivity contribution in [2.45, 2.75) is 12.6 Å². The van der Waals surface area contributed by atoms with E-state index in [1.807, 2.05) is 30.3 Å². The summed E-state index contributed by atoms with van der Waals surface area (Å²) in [6.07, 6.45) is 3.53. The number of nitrogens with zero attached hydrogens (tertiary/aromatic N) is 1. The molecule has 100 valence electrons. The monoisotopic (exact) mass is 259 g/mol. The maximum atomic E-state index is 12.0. The maximum Gasteiger partial charge on any atom is 0.157 e. The normalized spacial score (nSPS) is 26.1. The first-order chi connectivity index (χ1) is 9.26. The fraction of sp³-hybridized carbons (Fsp3) is 0.400. The first-order valence-electron chi connectivity index (χ1n) is 6.46. The molecule has 0 radical (unpaired) electrons. The number of Topliss-reactive ketones (excluding diaryl/α,β-unsaturated/α-hetero) is 1. The molecule has 0 bridgehead atoms. The van der Waals surface area contributed by atoms with E-state index in [1.54, 1.807) is 13.4 Å². The van der Waals surface area contributed by atoms with Crippen LogP contribution in [-0.4, -0.2) is 37.0 Å². The summed E-state index contributed by atoms with van der Waals surface area (Å²) in [5.41, 5.74) is 1.18. The molecule has 1 aromatic rings. The molecule has 1 fully saturated rings. The zero-order valence-electron chi connectivity index (χ0n) is 10.9. The number of ether oxygens (including phenoxy) is 2. The molecule has 4 heteroatoms. The first-order valence-corrected chi connectivity index (χ1v) is 6.46. The maximum absolute atomic E-state index is 12.0. The Balaban J connectivity index is 1.65. The molecule has 2 aliphatic heterocycles. The van der Waals surface area contributed by atoms with Gasteiger partial charge in [-0.05, 0) is 23.8 Å². The Hall–Kier alpha value is -1.81. The van der Waals surface area contributed by atoms with Gasteiger partial charge in [-0.1, -0.05) is 12.1 Å². The Bertz CT molecular complexity index is 495. The van der Waals surface area contributed by atoms with Crippen LogP contribution in [0.3, 0.4) is 0 Å². The number of methoxy groups -OCH3 is 1. The molecule has 4 nitrogen and oxygen atoms in total. The molecule has 2 atom stereocenters. The van der Waals surface area contributed by atoms with Crippen molar-refractivity contribution in [2.75, 3.05) is 20.2 Å². The number of fused-ring (bicyclic) bond motifs is 1. The highest BCUT2D eigenvalue weighted by atomic mass is 16.5. The molecule has 2 unspecified atom stereocenters. The van der Waals surface area contributed by atoms with Crippen LogP contribution in [0.25, 0.3) is 0 Å². The molecule has 0 aromatic heterocycles.